The molecule has 0 aliphatic carbocycles. The predicted octanol–water partition coefficient (Wildman–Crippen LogP) is 3.63. The van der Waals surface area contributed by atoms with Gasteiger partial charge in [-0.15, -0.1) is 0 Å². The van der Waals surface area contributed by atoms with Crippen LogP contribution in [0.1, 0.15) is 30.1 Å². The van der Waals surface area contributed by atoms with Crippen molar-refractivity contribution in [3.8, 4) is 0 Å². The molecule has 27 heavy (non-hydrogen) atoms. The van der Waals surface area contributed by atoms with Crippen LogP contribution in [0.4, 0.5) is 11.4 Å². The van der Waals surface area contributed by atoms with Gasteiger partial charge in [0.15, 0.2) is 0 Å². The Morgan fingerprint density at radius 3 is 2.30 bits per heavy atom. The molecule has 0 unspecified atom stereocenters. The molecule has 1 aliphatic heterocycles. The number of anilines is 2. The standard InChI is InChI=1S/C22H27N3O2/c1-17-12-14-25(15-13-17)21(26)16-23-19-10-8-18(9-11-19)22(27)24(2)20-6-4-3-5-7-20/h3-11,17,23H,12-16H2,1-2H3. The van der Waals surface area contributed by atoms with E-state index in [-0.39, 0.29) is 18.4 Å². The monoisotopic (exact) mass is 365 g/mol. The minimum atomic E-state index is -0.0636. The average Bonchev–Trinajstić information content (AvgIpc) is 2.72. The smallest absolute Gasteiger partial charge is 0.258 e. The number of likely N-dealkylation sites (tertiary alicyclic amines) is 1. The fourth-order valence-corrected chi connectivity index (χ4v) is 3.24. The van der Waals surface area contributed by atoms with E-state index in [9.17, 15) is 9.59 Å². The second-order valence-electron chi connectivity index (χ2n) is 7.19. The Bertz CT molecular complexity index is 766. The van der Waals surface area contributed by atoms with E-state index in [0.717, 1.165) is 37.3 Å². The fourth-order valence-electron chi connectivity index (χ4n) is 3.24. The van der Waals surface area contributed by atoms with Gasteiger partial charge < -0.3 is 15.1 Å². The Labute approximate surface area is 161 Å². The molecule has 0 spiro atoms. The van der Waals surface area contributed by atoms with Crippen molar-refractivity contribution in [1.82, 2.24) is 4.90 Å². The van der Waals surface area contributed by atoms with E-state index in [1.807, 2.05) is 47.4 Å². The zero-order chi connectivity index (χ0) is 19.2. The Balaban J connectivity index is 1.54. The molecule has 1 saturated heterocycles. The van der Waals surface area contributed by atoms with Gasteiger partial charge in [0, 0.05) is 37.1 Å². The summed E-state index contributed by atoms with van der Waals surface area (Å²) in [4.78, 5) is 28.5. The summed E-state index contributed by atoms with van der Waals surface area (Å²) in [6.45, 7) is 4.21. The van der Waals surface area contributed by atoms with Crippen molar-refractivity contribution >= 4 is 23.2 Å². The van der Waals surface area contributed by atoms with E-state index < -0.39 is 0 Å². The molecular weight excluding hydrogens is 338 g/mol. The van der Waals surface area contributed by atoms with Gasteiger partial charge in [-0.25, -0.2) is 0 Å². The van der Waals surface area contributed by atoms with Crippen molar-refractivity contribution < 1.29 is 9.59 Å². The molecule has 5 heteroatoms. The van der Waals surface area contributed by atoms with Gasteiger partial charge in [-0.2, -0.15) is 0 Å². The summed E-state index contributed by atoms with van der Waals surface area (Å²) in [6.07, 6.45) is 2.16. The van der Waals surface area contributed by atoms with Crippen LogP contribution in [-0.4, -0.2) is 43.4 Å². The molecular formula is C22H27N3O2. The zero-order valence-electron chi connectivity index (χ0n) is 16.0. The Kier molecular flexibility index (Phi) is 6.12. The molecule has 0 radical (unpaired) electrons. The highest BCUT2D eigenvalue weighted by atomic mass is 16.2. The van der Waals surface area contributed by atoms with Gasteiger partial charge in [0.25, 0.3) is 5.91 Å². The lowest BCUT2D eigenvalue weighted by atomic mass is 9.99. The number of nitrogens with zero attached hydrogens (tertiary/aromatic N) is 2. The van der Waals surface area contributed by atoms with Gasteiger partial charge in [0.1, 0.15) is 0 Å². The summed E-state index contributed by atoms with van der Waals surface area (Å²) >= 11 is 0. The van der Waals surface area contributed by atoms with Crippen LogP contribution in [0.5, 0.6) is 0 Å². The lowest BCUT2D eigenvalue weighted by Crippen LogP contribution is -2.40. The topological polar surface area (TPSA) is 52.7 Å². The Morgan fingerprint density at radius 2 is 1.67 bits per heavy atom. The minimum Gasteiger partial charge on any atom is -0.376 e. The molecule has 1 heterocycles. The van der Waals surface area contributed by atoms with Crippen molar-refractivity contribution in [1.29, 1.82) is 0 Å². The molecule has 3 rings (SSSR count). The fraction of sp³-hybridized carbons (Fsp3) is 0.364. The van der Waals surface area contributed by atoms with E-state index in [0.29, 0.717) is 11.5 Å². The normalized spacial score (nSPS) is 14.7. The molecule has 0 bridgehead atoms. The quantitative estimate of drug-likeness (QED) is 0.880. The van der Waals surface area contributed by atoms with Crippen molar-refractivity contribution in [2.45, 2.75) is 19.8 Å². The SMILES string of the molecule is CC1CCN(C(=O)CNc2ccc(C(=O)N(C)c3ccccc3)cc2)CC1. The molecule has 1 aliphatic rings. The highest BCUT2D eigenvalue weighted by Crippen LogP contribution is 2.18. The number of rotatable bonds is 5. The van der Waals surface area contributed by atoms with Crippen molar-refractivity contribution in [2.75, 3.05) is 36.9 Å². The maximum atomic E-state index is 12.6. The van der Waals surface area contributed by atoms with Crippen molar-refractivity contribution in [3.63, 3.8) is 0 Å². The third-order valence-electron chi connectivity index (χ3n) is 5.16. The molecule has 1 fully saturated rings. The first-order valence-electron chi connectivity index (χ1n) is 9.49. The number of nitrogens with one attached hydrogen (secondary N) is 1. The maximum absolute atomic E-state index is 12.6. The first kappa shape index (κ1) is 19.0. The molecule has 5 nitrogen and oxygen atoms in total. The van der Waals surface area contributed by atoms with Crippen LogP contribution in [-0.2, 0) is 4.79 Å². The number of benzene rings is 2. The number of hydrogen-bond acceptors (Lipinski definition) is 3. The van der Waals surface area contributed by atoms with Crippen molar-refractivity contribution in [3.05, 3.63) is 60.2 Å². The van der Waals surface area contributed by atoms with Crippen LogP contribution < -0.4 is 10.2 Å². The highest BCUT2D eigenvalue weighted by Gasteiger charge is 2.20. The number of amides is 2. The van der Waals surface area contributed by atoms with Crippen LogP contribution in [0, 0.1) is 5.92 Å². The highest BCUT2D eigenvalue weighted by molar-refractivity contribution is 6.05. The summed E-state index contributed by atoms with van der Waals surface area (Å²) in [7, 11) is 1.77. The number of carbonyl (C=O) groups is 2. The van der Waals surface area contributed by atoms with E-state index in [2.05, 4.69) is 12.2 Å². The van der Waals surface area contributed by atoms with Crippen LogP contribution in [0.2, 0.25) is 0 Å². The second-order valence-corrected chi connectivity index (χ2v) is 7.19. The van der Waals surface area contributed by atoms with Gasteiger partial charge >= 0.3 is 0 Å². The van der Waals surface area contributed by atoms with Crippen LogP contribution in [0.15, 0.2) is 54.6 Å². The van der Waals surface area contributed by atoms with Crippen LogP contribution in [0.3, 0.4) is 0 Å². The molecule has 0 aromatic heterocycles. The van der Waals surface area contributed by atoms with E-state index in [1.165, 1.54) is 0 Å². The summed E-state index contributed by atoms with van der Waals surface area (Å²) < 4.78 is 0. The lowest BCUT2D eigenvalue weighted by molar-refractivity contribution is -0.130. The molecule has 2 aromatic carbocycles. The third-order valence-corrected chi connectivity index (χ3v) is 5.16. The van der Waals surface area contributed by atoms with Gasteiger partial charge in [-0.1, -0.05) is 25.1 Å². The van der Waals surface area contributed by atoms with E-state index in [4.69, 9.17) is 0 Å². The van der Waals surface area contributed by atoms with Gasteiger partial charge in [-0.3, -0.25) is 9.59 Å². The van der Waals surface area contributed by atoms with E-state index >= 15 is 0 Å². The molecule has 2 amide bonds. The number of piperidine rings is 1. The van der Waals surface area contributed by atoms with Gasteiger partial charge in [-0.05, 0) is 55.2 Å². The van der Waals surface area contributed by atoms with E-state index in [1.54, 1.807) is 24.1 Å². The first-order valence-corrected chi connectivity index (χ1v) is 9.49. The summed E-state index contributed by atoms with van der Waals surface area (Å²) in [5.74, 6) is 0.776. The summed E-state index contributed by atoms with van der Waals surface area (Å²) in [5, 5.41) is 3.16. The molecule has 142 valence electrons. The third kappa shape index (κ3) is 4.88. The summed E-state index contributed by atoms with van der Waals surface area (Å²) in [5.41, 5.74) is 2.31. The summed E-state index contributed by atoms with van der Waals surface area (Å²) in [6, 6.07) is 16.8. The first-order chi connectivity index (χ1) is 13.0. The lowest BCUT2D eigenvalue weighted by Gasteiger charge is -2.30. The van der Waals surface area contributed by atoms with Crippen LogP contribution >= 0.6 is 0 Å². The number of hydrogen-bond donors (Lipinski definition) is 1. The average molecular weight is 365 g/mol. The minimum absolute atomic E-state index is 0.0636. The van der Waals surface area contributed by atoms with Gasteiger partial charge in [0.05, 0.1) is 6.54 Å². The Morgan fingerprint density at radius 1 is 1.04 bits per heavy atom. The largest absolute Gasteiger partial charge is 0.376 e. The maximum Gasteiger partial charge on any atom is 0.258 e. The molecule has 1 N–H and O–H groups in total. The Hall–Kier alpha value is -2.82. The number of carbonyl (C=O) groups excluding carboxylic acids is 2. The predicted molar refractivity (Wildman–Crippen MR) is 109 cm³/mol. The second kappa shape index (κ2) is 8.71. The number of para-hydroxylation sites is 1. The molecule has 0 saturated carbocycles. The van der Waals surface area contributed by atoms with Crippen LogP contribution in [0.25, 0.3) is 0 Å². The molecule has 0 atom stereocenters. The van der Waals surface area contributed by atoms with Crippen molar-refractivity contribution in [2.24, 2.45) is 5.92 Å². The van der Waals surface area contributed by atoms with Gasteiger partial charge in [0.2, 0.25) is 5.91 Å². The molecule has 2 aromatic rings. The zero-order valence-corrected chi connectivity index (χ0v) is 16.0.